The standard InChI is InChI=1S/C10H9F3O2/c1-14-8-4-6(9-5-15-9)2-3-7(8)10(11,12)13/h2-4,9H,5H2,1H3. The molecule has 0 radical (unpaired) electrons. The van der Waals surface area contributed by atoms with Gasteiger partial charge in [-0.1, -0.05) is 6.07 Å². The van der Waals surface area contributed by atoms with Gasteiger partial charge in [0.05, 0.1) is 19.3 Å². The Morgan fingerprint density at radius 1 is 1.40 bits per heavy atom. The van der Waals surface area contributed by atoms with Gasteiger partial charge in [-0.25, -0.2) is 0 Å². The highest BCUT2D eigenvalue weighted by atomic mass is 19.4. The molecule has 0 saturated carbocycles. The molecule has 0 N–H and O–H groups in total. The molecule has 1 aliphatic rings. The number of hydrogen-bond acceptors (Lipinski definition) is 2. The summed E-state index contributed by atoms with van der Waals surface area (Å²) < 4.78 is 47.1. The molecule has 1 aliphatic heterocycles. The number of halogens is 3. The summed E-state index contributed by atoms with van der Waals surface area (Å²) in [6.07, 6.45) is -4.45. The molecule has 0 spiro atoms. The van der Waals surface area contributed by atoms with Crippen molar-refractivity contribution in [1.82, 2.24) is 0 Å². The predicted molar refractivity (Wildman–Crippen MR) is 46.7 cm³/mol. The molecule has 0 amide bonds. The van der Waals surface area contributed by atoms with Gasteiger partial charge in [0.15, 0.2) is 0 Å². The monoisotopic (exact) mass is 218 g/mol. The summed E-state index contributed by atoms with van der Waals surface area (Å²) in [7, 11) is 1.22. The van der Waals surface area contributed by atoms with Crippen molar-refractivity contribution in [2.45, 2.75) is 12.3 Å². The van der Waals surface area contributed by atoms with Crippen LogP contribution in [-0.4, -0.2) is 13.7 Å². The fraction of sp³-hybridized carbons (Fsp3) is 0.400. The number of hydrogen-bond donors (Lipinski definition) is 0. The van der Waals surface area contributed by atoms with E-state index in [4.69, 9.17) is 9.47 Å². The second-order valence-corrected chi connectivity index (χ2v) is 3.28. The van der Waals surface area contributed by atoms with E-state index in [1.165, 1.54) is 19.2 Å². The lowest BCUT2D eigenvalue weighted by Gasteiger charge is -2.12. The van der Waals surface area contributed by atoms with Crippen molar-refractivity contribution in [3.63, 3.8) is 0 Å². The van der Waals surface area contributed by atoms with Gasteiger partial charge in [0.1, 0.15) is 11.9 Å². The van der Waals surface area contributed by atoms with Gasteiger partial charge in [0.2, 0.25) is 0 Å². The third-order valence-electron chi connectivity index (χ3n) is 2.24. The molecule has 0 bridgehead atoms. The number of methoxy groups -OCH3 is 1. The molecule has 1 saturated heterocycles. The minimum atomic E-state index is -4.38. The van der Waals surface area contributed by atoms with Crippen molar-refractivity contribution < 1.29 is 22.6 Å². The van der Waals surface area contributed by atoms with Crippen LogP contribution < -0.4 is 4.74 Å². The third kappa shape index (κ3) is 2.07. The molecule has 15 heavy (non-hydrogen) atoms. The van der Waals surface area contributed by atoms with Crippen LogP contribution in [0.5, 0.6) is 5.75 Å². The average Bonchev–Trinajstić information content (AvgIpc) is 2.98. The fourth-order valence-electron chi connectivity index (χ4n) is 1.38. The van der Waals surface area contributed by atoms with Crippen LogP contribution >= 0.6 is 0 Å². The van der Waals surface area contributed by atoms with E-state index in [9.17, 15) is 13.2 Å². The van der Waals surface area contributed by atoms with Gasteiger partial charge in [-0.3, -0.25) is 0 Å². The van der Waals surface area contributed by atoms with E-state index in [0.717, 1.165) is 11.6 Å². The van der Waals surface area contributed by atoms with Crippen molar-refractivity contribution in [2.24, 2.45) is 0 Å². The van der Waals surface area contributed by atoms with Gasteiger partial charge >= 0.3 is 6.18 Å². The van der Waals surface area contributed by atoms with E-state index in [1.807, 2.05) is 0 Å². The van der Waals surface area contributed by atoms with E-state index >= 15 is 0 Å². The summed E-state index contributed by atoms with van der Waals surface area (Å²) in [6, 6.07) is 3.82. The Kier molecular flexibility index (Phi) is 2.34. The van der Waals surface area contributed by atoms with Gasteiger partial charge in [0.25, 0.3) is 0 Å². The molecule has 82 valence electrons. The topological polar surface area (TPSA) is 21.8 Å². The Bertz CT molecular complexity index is 369. The fourth-order valence-corrected chi connectivity index (χ4v) is 1.38. The number of alkyl halides is 3. The van der Waals surface area contributed by atoms with Gasteiger partial charge in [-0.05, 0) is 17.7 Å². The molecule has 1 aromatic rings. The summed E-state index contributed by atoms with van der Waals surface area (Å²) in [5.41, 5.74) is -0.0331. The van der Waals surface area contributed by atoms with Crippen molar-refractivity contribution in [1.29, 1.82) is 0 Å². The van der Waals surface area contributed by atoms with Crippen LogP contribution in [0.15, 0.2) is 18.2 Å². The lowest BCUT2D eigenvalue weighted by atomic mass is 10.1. The second-order valence-electron chi connectivity index (χ2n) is 3.28. The Labute approximate surface area is 84.6 Å². The van der Waals surface area contributed by atoms with Crippen molar-refractivity contribution in [3.05, 3.63) is 29.3 Å². The number of epoxide rings is 1. The predicted octanol–water partition coefficient (Wildman–Crippen LogP) is 2.79. The lowest BCUT2D eigenvalue weighted by molar-refractivity contribution is -0.138. The van der Waals surface area contributed by atoms with Gasteiger partial charge in [-0.15, -0.1) is 0 Å². The maximum Gasteiger partial charge on any atom is 0.419 e. The summed E-state index contributed by atoms with van der Waals surface area (Å²) in [5, 5.41) is 0. The molecule has 1 heterocycles. The highest BCUT2D eigenvalue weighted by molar-refractivity contribution is 5.40. The molecule has 2 rings (SSSR count). The first-order valence-electron chi connectivity index (χ1n) is 4.39. The lowest BCUT2D eigenvalue weighted by Crippen LogP contribution is -2.07. The molecule has 1 unspecified atom stereocenters. The first kappa shape index (κ1) is 10.3. The number of rotatable bonds is 2. The molecule has 2 nitrogen and oxygen atoms in total. The summed E-state index contributed by atoms with van der Waals surface area (Å²) in [4.78, 5) is 0. The molecule has 1 atom stereocenters. The zero-order valence-corrected chi connectivity index (χ0v) is 7.97. The molecule has 1 aromatic carbocycles. The van der Waals surface area contributed by atoms with E-state index < -0.39 is 11.7 Å². The van der Waals surface area contributed by atoms with Crippen molar-refractivity contribution in [2.75, 3.05) is 13.7 Å². The average molecular weight is 218 g/mol. The summed E-state index contributed by atoms with van der Waals surface area (Å²) in [6.45, 7) is 0.564. The Hall–Kier alpha value is -1.23. The van der Waals surface area contributed by atoms with Crippen LogP contribution in [0.4, 0.5) is 13.2 Å². The van der Waals surface area contributed by atoms with Gasteiger partial charge in [-0.2, -0.15) is 13.2 Å². The maximum atomic E-state index is 12.5. The van der Waals surface area contributed by atoms with Crippen LogP contribution in [0.2, 0.25) is 0 Å². The van der Waals surface area contributed by atoms with E-state index in [2.05, 4.69) is 0 Å². The van der Waals surface area contributed by atoms with Crippen LogP contribution in [-0.2, 0) is 10.9 Å². The smallest absolute Gasteiger partial charge is 0.419 e. The highest BCUT2D eigenvalue weighted by Crippen LogP contribution is 2.39. The first-order chi connectivity index (χ1) is 7.02. The van der Waals surface area contributed by atoms with E-state index in [1.54, 1.807) is 0 Å². The van der Waals surface area contributed by atoms with Gasteiger partial charge in [0, 0.05) is 0 Å². The SMILES string of the molecule is COc1cc(C2CO2)ccc1C(F)(F)F. The normalized spacial score (nSPS) is 20.1. The van der Waals surface area contributed by atoms with Gasteiger partial charge < -0.3 is 9.47 Å². The van der Waals surface area contributed by atoms with Crippen molar-refractivity contribution in [3.8, 4) is 5.75 Å². The molecule has 0 aliphatic carbocycles. The largest absolute Gasteiger partial charge is 0.496 e. The van der Waals surface area contributed by atoms with Crippen LogP contribution in [0.1, 0.15) is 17.2 Å². The van der Waals surface area contributed by atoms with Crippen LogP contribution in [0.25, 0.3) is 0 Å². The molecule has 0 aromatic heterocycles. The van der Waals surface area contributed by atoms with E-state index in [0.29, 0.717) is 6.61 Å². The minimum absolute atomic E-state index is 0.0683. The van der Waals surface area contributed by atoms with Crippen LogP contribution in [0, 0.1) is 0 Å². The minimum Gasteiger partial charge on any atom is -0.496 e. The molecule has 5 heteroatoms. The number of benzene rings is 1. The zero-order chi connectivity index (χ0) is 11.1. The van der Waals surface area contributed by atoms with E-state index in [-0.39, 0.29) is 11.9 Å². The molecular weight excluding hydrogens is 209 g/mol. The second kappa shape index (κ2) is 3.41. The summed E-state index contributed by atoms with van der Waals surface area (Å²) >= 11 is 0. The van der Waals surface area contributed by atoms with Crippen LogP contribution in [0.3, 0.4) is 0 Å². The Balaban J connectivity index is 2.39. The first-order valence-corrected chi connectivity index (χ1v) is 4.39. The Morgan fingerprint density at radius 3 is 2.53 bits per heavy atom. The quantitative estimate of drug-likeness (QED) is 0.712. The highest BCUT2D eigenvalue weighted by Gasteiger charge is 2.35. The summed E-state index contributed by atoms with van der Waals surface area (Å²) in [5.74, 6) is -0.157. The molecular formula is C10H9F3O2. The third-order valence-corrected chi connectivity index (χ3v) is 2.24. The maximum absolute atomic E-state index is 12.5. The number of ether oxygens (including phenoxy) is 2. The Morgan fingerprint density at radius 2 is 2.07 bits per heavy atom. The zero-order valence-electron chi connectivity index (χ0n) is 7.97. The molecule has 1 fully saturated rings. The van der Waals surface area contributed by atoms with Crippen molar-refractivity contribution >= 4 is 0 Å².